The Balaban J connectivity index is 1.68. The first-order chi connectivity index (χ1) is 10.3. The predicted octanol–water partition coefficient (Wildman–Crippen LogP) is 3.92. The highest BCUT2D eigenvalue weighted by atomic mass is 35.5. The summed E-state index contributed by atoms with van der Waals surface area (Å²) >= 11 is 7.70. The van der Waals surface area contributed by atoms with Gasteiger partial charge in [-0.2, -0.15) is 0 Å². The first-order valence-corrected chi connectivity index (χ1v) is 7.80. The number of pyridine rings is 1. The number of carbonyl (C=O) groups is 1. The van der Waals surface area contributed by atoms with Crippen molar-refractivity contribution in [3.63, 3.8) is 0 Å². The molecule has 0 radical (unpaired) electrons. The zero-order valence-corrected chi connectivity index (χ0v) is 12.7. The molecule has 106 valence electrons. The standard InChI is InChI=1S/C16H13ClN2OS/c17-14-12-6-1-2-7-13(12)21-15(14)16(20)19-10-8-11-5-3-4-9-18-11/h1-7,9H,8,10H2,(H,19,20). The number of nitrogens with one attached hydrogen (secondary N) is 1. The van der Waals surface area contributed by atoms with Crippen LogP contribution in [-0.2, 0) is 6.42 Å². The third-order valence-electron chi connectivity index (χ3n) is 3.13. The molecule has 1 aromatic carbocycles. The summed E-state index contributed by atoms with van der Waals surface area (Å²) in [4.78, 5) is 17.0. The van der Waals surface area contributed by atoms with E-state index >= 15 is 0 Å². The second kappa shape index (κ2) is 6.24. The van der Waals surface area contributed by atoms with Crippen LogP contribution < -0.4 is 5.32 Å². The van der Waals surface area contributed by atoms with Crippen LogP contribution in [0.15, 0.2) is 48.7 Å². The molecule has 0 fully saturated rings. The van der Waals surface area contributed by atoms with Gasteiger partial charge in [-0.3, -0.25) is 9.78 Å². The SMILES string of the molecule is O=C(NCCc1ccccn1)c1sc2ccccc2c1Cl. The van der Waals surface area contributed by atoms with Gasteiger partial charge in [0.05, 0.1) is 5.02 Å². The quantitative estimate of drug-likeness (QED) is 0.792. The normalized spacial score (nSPS) is 10.7. The van der Waals surface area contributed by atoms with Crippen molar-refractivity contribution in [1.82, 2.24) is 10.3 Å². The molecule has 1 amide bonds. The number of thiophene rings is 1. The molecular formula is C16H13ClN2OS. The molecule has 21 heavy (non-hydrogen) atoms. The monoisotopic (exact) mass is 316 g/mol. The van der Waals surface area contributed by atoms with Gasteiger partial charge in [0.25, 0.3) is 5.91 Å². The van der Waals surface area contributed by atoms with Crippen molar-refractivity contribution in [3.8, 4) is 0 Å². The number of rotatable bonds is 4. The van der Waals surface area contributed by atoms with Crippen LogP contribution in [0, 0.1) is 0 Å². The van der Waals surface area contributed by atoms with Crippen LogP contribution in [0.5, 0.6) is 0 Å². The lowest BCUT2D eigenvalue weighted by atomic mass is 10.2. The van der Waals surface area contributed by atoms with Crippen LogP contribution in [-0.4, -0.2) is 17.4 Å². The van der Waals surface area contributed by atoms with Crippen molar-refractivity contribution in [1.29, 1.82) is 0 Å². The number of benzene rings is 1. The minimum atomic E-state index is -0.128. The Kier molecular flexibility index (Phi) is 4.18. The molecule has 3 aromatic rings. The van der Waals surface area contributed by atoms with Gasteiger partial charge >= 0.3 is 0 Å². The van der Waals surface area contributed by atoms with Gasteiger partial charge in [0, 0.05) is 34.9 Å². The molecule has 3 rings (SSSR count). The lowest BCUT2D eigenvalue weighted by Crippen LogP contribution is -2.25. The Morgan fingerprint density at radius 1 is 1.19 bits per heavy atom. The number of hydrogen-bond acceptors (Lipinski definition) is 3. The molecule has 0 unspecified atom stereocenters. The number of fused-ring (bicyclic) bond motifs is 1. The zero-order chi connectivity index (χ0) is 14.7. The highest BCUT2D eigenvalue weighted by Crippen LogP contribution is 2.34. The minimum Gasteiger partial charge on any atom is -0.351 e. The summed E-state index contributed by atoms with van der Waals surface area (Å²) in [5, 5.41) is 4.36. The number of halogens is 1. The minimum absolute atomic E-state index is 0.128. The van der Waals surface area contributed by atoms with Crippen molar-refractivity contribution in [2.75, 3.05) is 6.54 Å². The molecule has 0 spiro atoms. The summed E-state index contributed by atoms with van der Waals surface area (Å²) in [7, 11) is 0. The second-order valence-electron chi connectivity index (χ2n) is 4.57. The van der Waals surface area contributed by atoms with Gasteiger partial charge < -0.3 is 5.32 Å². The van der Waals surface area contributed by atoms with Crippen LogP contribution in [0.2, 0.25) is 5.02 Å². The number of nitrogens with zero attached hydrogens (tertiary/aromatic N) is 1. The average molecular weight is 317 g/mol. The fraction of sp³-hybridized carbons (Fsp3) is 0.125. The maximum Gasteiger partial charge on any atom is 0.262 e. The van der Waals surface area contributed by atoms with E-state index < -0.39 is 0 Å². The maximum atomic E-state index is 12.2. The molecule has 2 heterocycles. The molecule has 0 saturated carbocycles. The van der Waals surface area contributed by atoms with E-state index in [1.54, 1.807) is 6.20 Å². The Morgan fingerprint density at radius 2 is 2.00 bits per heavy atom. The van der Waals surface area contributed by atoms with E-state index in [1.807, 2.05) is 42.5 Å². The van der Waals surface area contributed by atoms with Gasteiger partial charge in [0.15, 0.2) is 0 Å². The molecule has 0 aliphatic carbocycles. The predicted molar refractivity (Wildman–Crippen MR) is 87.1 cm³/mol. The Labute approximate surface area is 131 Å². The van der Waals surface area contributed by atoms with Crippen LogP contribution in [0.4, 0.5) is 0 Å². The van der Waals surface area contributed by atoms with Gasteiger partial charge in [-0.15, -0.1) is 11.3 Å². The van der Waals surface area contributed by atoms with E-state index in [0.29, 0.717) is 22.9 Å². The Hall–Kier alpha value is -1.91. The smallest absolute Gasteiger partial charge is 0.262 e. The largest absolute Gasteiger partial charge is 0.351 e. The van der Waals surface area contributed by atoms with E-state index in [0.717, 1.165) is 15.8 Å². The number of aromatic nitrogens is 1. The summed E-state index contributed by atoms with van der Waals surface area (Å²) in [5.74, 6) is -0.128. The van der Waals surface area contributed by atoms with Crippen molar-refractivity contribution >= 4 is 38.9 Å². The molecule has 2 aromatic heterocycles. The fourth-order valence-electron chi connectivity index (χ4n) is 2.09. The summed E-state index contributed by atoms with van der Waals surface area (Å²) in [6.45, 7) is 0.542. The van der Waals surface area contributed by atoms with Crippen LogP contribution >= 0.6 is 22.9 Å². The molecule has 0 atom stereocenters. The van der Waals surface area contributed by atoms with E-state index in [4.69, 9.17) is 11.6 Å². The molecule has 5 heteroatoms. The topological polar surface area (TPSA) is 42.0 Å². The lowest BCUT2D eigenvalue weighted by Gasteiger charge is -2.03. The van der Waals surface area contributed by atoms with Crippen molar-refractivity contribution in [2.45, 2.75) is 6.42 Å². The number of hydrogen-bond donors (Lipinski definition) is 1. The second-order valence-corrected chi connectivity index (χ2v) is 6.00. The third kappa shape index (κ3) is 3.06. The van der Waals surface area contributed by atoms with Crippen LogP contribution in [0.25, 0.3) is 10.1 Å². The molecule has 0 bridgehead atoms. The third-order valence-corrected chi connectivity index (χ3v) is 4.81. The molecule has 3 nitrogen and oxygen atoms in total. The summed E-state index contributed by atoms with van der Waals surface area (Å²) in [6, 6.07) is 13.5. The van der Waals surface area contributed by atoms with Gasteiger partial charge in [0.2, 0.25) is 0 Å². The summed E-state index contributed by atoms with van der Waals surface area (Å²) in [6.07, 6.45) is 2.45. The van der Waals surface area contributed by atoms with Gasteiger partial charge in [-0.25, -0.2) is 0 Å². The van der Waals surface area contributed by atoms with Gasteiger partial charge in [-0.05, 0) is 18.2 Å². The van der Waals surface area contributed by atoms with Crippen LogP contribution in [0.3, 0.4) is 0 Å². The zero-order valence-electron chi connectivity index (χ0n) is 11.2. The van der Waals surface area contributed by atoms with Crippen molar-refractivity contribution in [3.05, 3.63) is 64.3 Å². The molecule has 0 aliphatic rings. The lowest BCUT2D eigenvalue weighted by molar-refractivity contribution is 0.0958. The molecular weight excluding hydrogens is 304 g/mol. The van der Waals surface area contributed by atoms with Gasteiger partial charge in [-0.1, -0.05) is 35.9 Å². The van der Waals surface area contributed by atoms with E-state index in [9.17, 15) is 4.79 Å². The molecule has 1 N–H and O–H groups in total. The van der Waals surface area contributed by atoms with E-state index in [2.05, 4.69) is 10.3 Å². The van der Waals surface area contributed by atoms with Crippen molar-refractivity contribution in [2.24, 2.45) is 0 Å². The molecule has 0 aliphatic heterocycles. The van der Waals surface area contributed by atoms with Crippen LogP contribution in [0.1, 0.15) is 15.4 Å². The first kappa shape index (κ1) is 14.0. The maximum absolute atomic E-state index is 12.2. The first-order valence-electron chi connectivity index (χ1n) is 6.61. The van der Waals surface area contributed by atoms with Crippen molar-refractivity contribution < 1.29 is 4.79 Å². The Morgan fingerprint density at radius 3 is 2.76 bits per heavy atom. The fourth-order valence-corrected chi connectivity index (χ4v) is 3.52. The van der Waals surface area contributed by atoms with E-state index in [-0.39, 0.29) is 5.91 Å². The average Bonchev–Trinajstić information content (AvgIpc) is 2.86. The number of carbonyl (C=O) groups excluding carboxylic acids is 1. The highest BCUT2D eigenvalue weighted by molar-refractivity contribution is 7.21. The molecule has 0 saturated heterocycles. The van der Waals surface area contributed by atoms with E-state index in [1.165, 1.54) is 11.3 Å². The Bertz CT molecular complexity index is 770. The summed E-state index contributed by atoms with van der Waals surface area (Å²) < 4.78 is 1.03. The van der Waals surface area contributed by atoms with Gasteiger partial charge in [0.1, 0.15) is 4.88 Å². The highest BCUT2D eigenvalue weighted by Gasteiger charge is 2.16. The summed E-state index contributed by atoms with van der Waals surface area (Å²) in [5.41, 5.74) is 0.959. The number of amides is 1.